The van der Waals surface area contributed by atoms with Crippen molar-refractivity contribution >= 4 is 33.6 Å². The standard InChI is InChI=1S/C81H148O16P2/c1-4-7-10-13-16-19-22-25-28-29-30-31-32-33-34-35-36-37-38-39-40-41-42-43-44-45-48-50-52-55-58-61-64-67-79(84)91-70-76(82)71-93-98(87,88)94-72-77(83)73-95-99(89,90)96-75-78(97-81(86)69-66-63-60-57-54-51-47-27-24-21-18-15-12-9-6-3)74-92-80(85)68-65-62-59-56-53-49-46-26-23-20-17-14-11-8-5-2/h16-17,19-20,25-26,28,30-31,33-34,46,76-78,82-83H,4-15,18,21-24,27,29,32,35-45,47-75H2,1-3H3,(H,87,88)(H,89,90)/b19-16-,20-17-,28-25-,31-30-,34-33-,46-26-. The molecule has 0 bridgehead atoms. The first-order chi connectivity index (χ1) is 48.2. The van der Waals surface area contributed by atoms with Gasteiger partial charge in [0, 0.05) is 19.3 Å². The van der Waals surface area contributed by atoms with Crippen LogP contribution in [-0.4, -0.2) is 95.9 Å². The first-order valence-electron chi connectivity index (χ1n) is 40.2. The van der Waals surface area contributed by atoms with Crippen LogP contribution in [0.25, 0.3) is 0 Å². The SMILES string of the molecule is CCCCC/C=C\C/C=C\C/C=C\C/C=C\CCCCCCCCCCCCCCCCCCCC(=O)OCC(O)COP(=O)(O)OCC(O)COP(=O)(O)OCC(COC(=O)CCCCCCC/C=C\C/C=C\CCCCC)OC(=O)CCCCCCCCCCCCCCCCC. The van der Waals surface area contributed by atoms with Gasteiger partial charge in [0.15, 0.2) is 6.10 Å². The van der Waals surface area contributed by atoms with Crippen molar-refractivity contribution < 1.29 is 75.8 Å². The number of hydrogen-bond donors (Lipinski definition) is 4. The topological polar surface area (TPSA) is 231 Å². The Morgan fingerprint density at radius 2 is 0.505 bits per heavy atom. The summed E-state index contributed by atoms with van der Waals surface area (Å²) in [6, 6.07) is 0. The summed E-state index contributed by atoms with van der Waals surface area (Å²) in [7, 11) is -9.77. The van der Waals surface area contributed by atoms with Gasteiger partial charge in [0.05, 0.1) is 26.4 Å². The summed E-state index contributed by atoms with van der Waals surface area (Å²) in [5, 5.41) is 20.6. The third-order valence-corrected chi connectivity index (χ3v) is 19.3. The zero-order valence-corrected chi connectivity index (χ0v) is 65.0. The molecule has 0 amide bonds. The third-order valence-electron chi connectivity index (χ3n) is 17.4. The van der Waals surface area contributed by atoms with Crippen LogP contribution < -0.4 is 0 Å². The first-order valence-corrected chi connectivity index (χ1v) is 43.2. The lowest BCUT2D eigenvalue weighted by molar-refractivity contribution is -0.161. The van der Waals surface area contributed by atoms with E-state index >= 15 is 0 Å². The Morgan fingerprint density at radius 3 is 0.818 bits per heavy atom. The van der Waals surface area contributed by atoms with Crippen LogP contribution in [0.15, 0.2) is 72.9 Å². The van der Waals surface area contributed by atoms with Crippen molar-refractivity contribution in [2.24, 2.45) is 0 Å². The van der Waals surface area contributed by atoms with Crippen molar-refractivity contribution in [2.45, 2.75) is 386 Å². The van der Waals surface area contributed by atoms with Gasteiger partial charge >= 0.3 is 33.6 Å². The molecule has 16 nitrogen and oxygen atoms in total. The molecule has 0 aromatic heterocycles. The Labute approximate surface area is 604 Å². The molecule has 0 radical (unpaired) electrons. The minimum atomic E-state index is -4.92. The lowest BCUT2D eigenvalue weighted by Gasteiger charge is -2.21. The molecule has 0 saturated carbocycles. The molecule has 0 spiro atoms. The van der Waals surface area contributed by atoms with Gasteiger partial charge < -0.3 is 34.2 Å². The maximum absolute atomic E-state index is 12.9. The number of aliphatic hydroxyl groups excluding tert-OH is 2. The van der Waals surface area contributed by atoms with E-state index in [0.717, 1.165) is 109 Å². The second kappa shape index (κ2) is 74.7. The fraction of sp³-hybridized carbons (Fsp3) is 0.815. The van der Waals surface area contributed by atoms with Gasteiger partial charge in [0.2, 0.25) is 0 Å². The number of allylic oxidation sites excluding steroid dienone is 12. The number of phosphoric acid groups is 2. The van der Waals surface area contributed by atoms with Crippen LogP contribution in [0.2, 0.25) is 0 Å². The van der Waals surface area contributed by atoms with Crippen LogP contribution in [0.4, 0.5) is 0 Å². The van der Waals surface area contributed by atoms with Gasteiger partial charge in [-0.15, -0.1) is 0 Å². The number of phosphoric ester groups is 2. The van der Waals surface area contributed by atoms with E-state index in [-0.39, 0.29) is 19.3 Å². The summed E-state index contributed by atoms with van der Waals surface area (Å²) in [6.07, 6.45) is 82.5. The molecule has 0 saturated heterocycles. The molecular weight excluding hydrogens is 1290 g/mol. The van der Waals surface area contributed by atoms with E-state index < -0.39 is 91.5 Å². The van der Waals surface area contributed by atoms with E-state index in [1.807, 2.05) is 0 Å². The lowest BCUT2D eigenvalue weighted by atomic mass is 10.0. The zero-order chi connectivity index (χ0) is 72.3. The molecule has 0 fully saturated rings. The Bertz CT molecular complexity index is 2090. The molecule has 5 unspecified atom stereocenters. The average molecular weight is 1440 g/mol. The Balaban J connectivity index is 4.37. The van der Waals surface area contributed by atoms with Crippen LogP contribution in [-0.2, 0) is 55.8 Å². The van der Waals surface area contributed by atoms with Gasteiger partial charge in [-0.3, -0.25) is 32.5 Å². The van der Waals surface area contributed by atoms with Crippen LogP contribution in [0.5, 0.6) is 0 Å². The fourth-order valence-electron chi connectivity index (χ4n) is 11.2. The van der Waals surface area contributed by atoms with Crippen molar-refractivity contribution in [3.05, 3.63) is 72.9 Å². The van der Waals surface area contributed by atoms with Gasteiger partial charge in [-0.25, -0.2) is 9.13 Å². The highest BCUT2D eigenvalue weighted by molar-refractivity contribution is 7.47. The molecule has 0 heterocycles. The smallest absolute Gasteiger partial charge is 0.463 e. The van der Waals surface area contributed by atoms with Gasteiger partial charge in [0.1, 0.15) is 25.4 Å². The lowest BCUT2D eigenvalue weighted by Crippen LogP contribution is -2.30. The van der Waals surface area contributed by atoms with E-state index in [1.165, 1.54) is 199 Å². The highest BCUT2D eigenvalue weighted by Gasteiger charge is 2.29. The second-order valence-electron chi connectivity index (χ2n) is 27.2. The minimum Gasteiger partial charge on any atom is -0.463 e. The molecule has 4 N–H and O–H groups in total. The molecular formula is C81H148O16P2. The van der Waals surface area contributed by atoms with Crippen LogP contribution >= 0.6 is 15.6 Å². The van der Waals surface area contributed by atoms with Crippen molar-refractivity contribution in [1.29, 1.82) is 0 Å². The number of aliphatic hydroxyl groups is 2. The van der Waals surface area contributed by atoms with E-state index in [1.54, 1.807) is 0 Å². The van der Waals surface area contributed by atoms with E-state index in [4.69, 9.17) is 32.3 Å². The summed E-state index contributed by atoms with van der Waals surface area (Å²) in [5.41, 5.74) is 0. The maximum Gasteiger partial charge on any atom is 0.472 e. The maximum atomic E-state index is 12.9. The summed E-state index contributed by atoms with van der Waals surface area (Å²) < 4.78 is 61.1. The van der Waals surface area contributed by atoms with Crippen molar-refractivity contribution in [2.75, 3.05) is 39.6 Å². The normalized spacial score (nSPS) is 14.4. The predicted octanol–water partition coefficient (Wildman–Crippen LogP) is 23.4. The zero-order valence-electron chi connectivity index (χ0n) is 63.2. The number of rotatable bonds is 77. The highest BCUT2D eigenvalue weighted by atomic mass is 31.2. The van der Waals surface area contributed by atoms with Gasteiger partial charge in [-0.2, -0.15) is 0 Å². The van der Waals surface area contributed by atoms with Crippen LogP contribution in [0.1, 0.15) is 367 Å². The van der Waals surface area contributed by atoms with Crippen LogP contribution in [0, 0.1) is 0 Å². The van der Waals surface area contributed by atoms with E-state index in [2.05, 4.69) is 93.7 Å². The largest absolute Gasteiger partial charge is 0.472 e. The monoisotopic (exact) mass is 1440 g/mol. The Morgan fingerprint density at radius 1 is 0.283 bits per heavy atom. The molecule has 0 aliphatic heterocycles. The molecule has 578 valence electrons. The Kier molecular flexibility index (Phi) is 72.4. The predicted molar refractivity (Wildman–Crippen MR) is 408 cm³/mol. The van der Waals surface area contributed by atoms with Crippen LogP contribution in [0.3, 0.4) is 0 Å². The van der Waals surface area contributed by atoms with E-state index in [9.17, 15) is 43.5 Å². The minimum absolute atomic E-state index is 0.108. The van der Waals surface area contributed by atoms with E-state index in [0.29, 0.717) is 19.3 Å². The number of carbonyl (C=O) groups is 3. The molecule has 0 rings (SSSR count). The number of esters is 3. The first kappa shape index (κ1) is 96.0. The number of unbranched alkanes of at least 4 members (excludes halogenated alkanes) is 42. The second-order valence-corrected chi connectivity index (χ2v) is 30.1. The summed E-state index contributed by atoms with van der Waals surface area (Å²) >= 11 is 0. The van der Waals surface area contributed by atoms with Gasteiger partial charge in [-0.05, 0) is 96.3 Å². The number of hydrogen-bond acceptors (Lipinski definition) is 14. The molecule has 5 atom stereocenters. The molecule has 99 heavy (non-hydrogen) atoms. The molecule has 0 aromatic carbocycles. The molecule has 18 heteroatoms. The molecule has 0 aliphatic rings. The highest BCUT2D eigenvalue weighted by Crippen LogP contribution is 2.45. The molecule has 0 aromatic rings. The number of ether oxygens (including phenoxy) is 3. The van der Waals surface area contributed by atoms with Gasteiger partial charge in [-0.1, -0.05) is 325 Å². The average Bonchev–Trinajstić information content (AvgIpc) is 1.43. The summed E-state index contributed by atoms with van der Waals surface area (Å²) in [5.74, 6) is -1.57. The van der Waals surface area contributed by atoms with Crippen molar-refractivity contribution in [1.82, 2.24) is 0 Å². The number of carbonyl (C=O) groups excluding carboxylic acids is 3. The van der Waals surface area contributed by atoms with Gasteiger partial charge in [0.25, 0.3) is 0 Å². The quantitative estimate of drug-likeness (QED) is 0.0146. The fourth-order valence-corrected chi connectivity index (χ4v) is 12.8. The van der Waals surface area contributed by atoms with Crippen molar-refractivity contribution in [3.63, 3.8) is 0 Å². The van der Waals surface area contributed by atoms with Crippen molar-refractivity contribution in [3.8, 4) is 0 Å². The third kappa shape index (κ3) is 76.0. The summed E-state index contributed by atoms with van der Waals surface area (Å²) in [4.78, 5) is 58.6. The Hall–Kier alpha value is -3.01. The molecule has 0 aliphatic carbocycles. The summed E-state index contributed by atoms with van der Waals surface area (Å²) in [6.45, 7) is 2.67.